The van der Waals surface area contributed by atoms with Gasteiger partial charge in [-0.25, -0.2) is 0 Å². The number of ether oxygens (including phenoxy) is 2. The van der Waals surface area contributed by atoms with Gasteiger partial charge in [-0.3, -0.25) is 4.79 Å². The summed E-state index contributed by atoms with van der Waals surface area (Å²) in [6.45, 7) is 11.3. The van der Waals surface area contributed by atoms with Crippen molar-refractivity contribution in [1.29, 1.82) is 0 Å². The predicted octanol–water partition coefficient (Wildman–Crippen LogP) is 8.29. The zero-order valence-corrected chi connectivity index (χ0v) is 21.2. The number of ketones is 1. The highest BCUT2D eigenvalue weighted by Gasteiger charge is 2.21. The fourth-order valence-corrected chi connectivity index (χ4v) is 4.25. The Labute approximate surface area is 199 Å². The number of unbranched alkanes of at least 4 members (excludes halogenated alkanes) is 1. The van der Waals surface area contributed by atoms with E-state index in [1.54, 1.807) is 0 Å². The largest absolute Gasteiger partial charge is 0.494 e. The normalized spacial score (nSPS) is 13.4. The molecule has 1 aliphatic rings. The molecule has 0 bridgehead atoms. The molecule has 3 rings (SSSR count). The fourth-order valence-electron chi connectivity index (χ4n) is 4.08. The van der Waals surface area contributed by atoms with Crippen LogP contribution in [0.4, 0.5) is 0 Å². The number of aryl methyl sites for hydroxylation is 1. The van der Waals surface area contributed by atoms with Gasteiger partial charge in [0.2, 0.25) is 0 Å². The van der Waals surface area contributed by atoms with Crippen LogP contribution >= 0.6 is 11.6 Å². The van der Waals surface area contributed by atoms with Gasteiger partial charge >= 0.3 is 0 Å². The molecule has 3 nitrogen and oxygen atoms in total. The number of hydrogen-bond acceptors (Lipinski definition) is 3. The van der Waals surface area contributed by atoms with Crippen molar-refractivity contribution in [3.8, 4) is 11.5 Å². The summed E-state index contributed by atoms with van der Waals surface area (Å²) in [5.74, 6) is 2.53. The van der Waals surface area contributed by atoms with E-state index in [1.807, 2.05) is 65.0 Å². The molecule has 0 aromatic heterocycles. The number of hydrogen-bond donors (Lipinski definition) is 0. The summed E-state index contributed by atoms with van der Waals surface area (Å²) in [6.07, 6.45) is 7.44. The summed E-state index contributed by atoms with van der Waals surface area (Å²) in [5, 5.41) is 0.729. The smallest absolute Gasteiger partial charge is 0.163 e. The Morgan fingerprint density at radius 2 is 1.59 bits per heavy atom. The summed E-state index contributed by atoms with van der Waals surface area (Å²) < 4.78 is 11.7. The van der Waals surface area contributed by atoms with Crippen LogP contribution in [0.2, 0.25) is 5.02 Å². The van der Waals surface area contributed by atoms with Crippen LogP contribution in [-0.4, -0.2) is 19.0 Å². The van der Waals surface area contributed by atoms with Crippen molar-refractivity contribution in [2.75, 3.05) is 13.2 Å². The first-order valence-electron chi connectivity index (χ1n) is 12.1. The molecular weight excluding hydrogens is 420 g/mol. The summed E-state index contributed by atoms with van der Waals surface area (Å²) in [4.78, 5) is 12.7. The maximum Gasteiger partial charge on any atom is 0.163 e. The highest BCUT2D eigenvalue weighted by Crippen LogP contribution is 2.31. The SMILES string of the molecule is CC.Cc1ccc(OCCCCOc2ccc(C(=O)CC3CCCC3)c(C)c2C)cc1Cl. The van der Waals surface area contributed by atoms with Gasteiger partial charge in [-0.05, 0) is 80.5 Å². The molecule has 0 atom stereocenters. The molecule has 0 aliphatic heterocycles. The van der Waals surface area contributed by atoms with E-state index in [2.05, 4.69) is 0 Å². The Kier molecular flexibility index (Phi) is 11.1. The van der Waals surface area contributed by atoms with Gasteiger partial charge in [0.05, 0.1) is 13.2 Å². The molecule has 176 valence electrons. The number of Topliss-reactive ketones (excluding diaryl/α,β-unsaturated/α-hetero) is 1. The molecule has 4 heteroatoms. The maximum atomic E-state index is 12.7. The number of halogens is 1. The van der Waals surface area contributed by atoms with Crippen molar-refractivity contribution < 1.29 is 14.3 Å². The van der Waals surface area contributed by atoms with Crippen LogP contribution in [-0.2, 0) is 0 Å². The van der Waals surface area contributed by atoms with Gasteiger partial charge in [-0.2, -0.15) is 0 Å². The lowest BCUT2D eigenvalue weighted by Crippen LogP contribution is -2.09. The second kappa shape index (κ2) is 13.5. The highest BCUT2D eigenvalue weighted by molar-refractivity contribution is 6.31. The lowest BCUT2D eigenvalue weighted by molar-refractivity contribution is 0.0961. The Morgan fingerprint density at radius 3 is 2.25 bits per heavy atom. The van der Waals surface area contributed by atoms with Crippen molar-refractivity contribution in [2.45, 2.75) is 79.6 Å². The van der Waals surface area contributed by atoms with Crippen LogP contribution in [0.1, 0.15) is 85.8 Å². The van der Waals surface area contributed by atoms with Gasteiger partial charge in [-0.15, -0.1) is 0 Å². The van der Waals surface area contributed by atoms with E-state index < -0.39 is 0 Å². The highest BCUT2D eigenvalue weighted by atomic mass is 35.5. The Morgan fingerprint density at radius 1 is 0.938 bits per heavy atom. The lowest BCUT2D eigenvalue weighted by atomic mass is 9.92. The molecule has 0 amide bonds. The average molecular weight is 459 g/mol. The summed E-state index contributed by atoms with van der Waals surface area (Å²) in [6, 6.07) is 9.66. The van der Waals surface area contributed by atoms with Crippen LogP contribution in [0, 0.1) is 26.7 Å². The van der Waals surface area contributed by atoms with E-state index in [-0.39, 0.29) is 5.78 Å². The average Bonchev–Trinajstić information content (AvgIpc) is 3.30. The van der Waals surface area contributed by atoms with Crippen molar-refractivity contribution in [1.82, 2.24) is 0 Å². The fraction of sp³-hybridized carbons (Fsp3) is 0.536. The Bertz CT molecular complexity index is 869. The van der Waals surface area contributed by atoms with E-state index in [1.165, 1.54) is 25.7 Å². The third-order valence-electron chi connectivity index (χ3n) is 6.19. The molecule has 1 saturated carbocycles. The third-order valence-corrected chi connectivity index (χ3v) is 6.60. The molecule has 0 heterocycles. The molecule has 2 aromatic rings. The third kappa shape index (κ3) is 7.55. The van der Waals surface area contributed by atoms with Crippen molar-refractivity contribution in [2.24, 2.45) is 5.92 Å². The number of carbonyl (C=O) groups is 1. The van der Waals surface area contributed by atoms with Crippen molar-refractivity contribution in [3.05, 3.63) is 57.6 Å². The van der Waals surface area contributed by atoms with Gasteiger partial charge in [0, 0.05) is 17.0 Å². The topological polar surface area (TPSA) is 35.5 Å². The van der Waals surface area contributed by atoms with Crippen LogP contribution < -0.4 is 9.47 Å². The number of carbonyl (C=O) groups excluding carboxylic acids is 1. The van der Waals surface area contributed by atoms with Crippen LogP contribution in [0.5, 0.6) is 11.5 Å². The zero-order valence-electron chi connectivity index (χ0n) is 20.4. The summed E-state index contributed by atoms with van der Waals surface area (Å²) in [5.41, 5.74) is 4.03. The quantitative estimate of drug-likeness (QED) is 0.265. The Balaban J connectivity index is 0.00000176. The molecule has 0 saturated heterocycles. The van der Waals surface area contributed by atoms with E-state index in [0.29, 0.717) is 25.6 Å². The second-order valence-electron chi connectivity index (χ2n) is 8.45. The van der Waals surface area contributed by atoms with Crippen LogP contribution in [0.3, 0.4) is 0 Å². The minimum absolute atomic E-state index is 0.280. The van der Waals surface area contributed by atoms with Gasteiger partial charge in [0.15, 0.2) is 5.78 Å². The molecule has 32 heavy (non-hydrogen) atoms. The van der Waals surface area contributed by atoms with Gasteiger partial charge in [-0.1, -0.05) is 57.2 Å². The molecule has 2 aromatic carbocycles. The second-order valence-corrected chi connectivity index (χ2v) is 8.86. The first-order chi connectivity index (χ1) is 15.5. The summed E-state index contributed by atoms with van der Waals surface area (Å²) in [7, 11) is 0. The first kappa shape index (κ1) is 26.3. The van der Waals surface area contributed by atoms with E-state index in [4.69, 9.17) is 21.1 Å². The number of rotatable bonds is 10. The van der Waals surface area contributed by atoms with Crippen LogP contribution in [0.15, 0.2) is 30.3 Å². The van der Waals surface area contributed by atoms with Crippen molar-refractivity contribution in [3.63, 3.8) is 0 Å². The zero-order chi connectivity index (χ0) is 23.5. The molecule has 1 aliphatic carbocycles. The minimum atomic E-state index is 0.280. The number of benzene rings is 2. The molecule has 0 spiro atoms. The standard InChI is InChI=1S/C26H33ClO3.C2H6/c1-18-10-11-22(17-24(18)27)29-14-6-7-15-30-26-13-12-23(19(2)20(26)3)25(28)16-21-8-4-5-9-21;1-2/h10-13,17,21H,4-9,14-16H2,1-3H3;1-2H3. The molecule has 0 N–H and O–H groups in total. The predicted molar refractivity (Wildman–Crippen MR) is 135 cm³/mol. The van der Waals surface area contributed by atoms with E-state index >= 15 is 0 Å². The minimum Gasteiger partial charge on any atom is -0.494 e. The van der Waals surface area contributed by atoms with E-state index in [0.717, 1.165) is 51.6 Å². The molecule has 1 fully saturated rings. The van der Waals surface area contributed by atoms with Gasteiger partial charge in [0.1, 0.15) is 11.5 Å². The summed E-state index contributed by atoms with van der Waals surface area (Å²) >= 11 is 6.12. The monoisotopic (exact) mass is 458 g/mol. The first-order valence-corrected chi connectivity index (χ1v) is 12.5. The van der Waals surface area contributed by atoms with E-state index in [9.17, 15) is 4.79 Å². The lowest BCUT2D eigenvalue weighted by Gasteiger charge is -2.15. The van der Waals surface area contributed by atoms with Gasteiger partial charge in [0.25, 0.3) is 0 Å². The molecule has 0 radical (unpaired) electrons. The van der Waals surface area contributed by atoms with Crippen LogP contribution in [0.25, 0.3) is 0 Å². The molecule has 0 unspecified atom stereocenters. The van der Waals surface area contributed by atoms with Crippen molar-refractivity contribution >= 4 is 17.4 Å². The molecular formula is C28H39ClO3. The van der Waals surface area contributed by atoms with Gasteiger partial charge < -0.3 is 9.47 Å². The Hall–Kier alpha value is -2.00. The maximum absolute atomic E-state index is 12.7.